The fourth-order valence-corrected chi connectivity index (χ4v) is 5.12. The summed E-state index contributed by atoms with van der Waals surface area (Å²) in [5.74, 6) is -0.864. The second kappa shape index (κ2) is 12.1. The number of ether oxygens (including phenoxy) is 1. The average molecular weight is 563 g/mol. The number of aliphatic carboxylic acids is 1. The van der Waals surface area contributed by atoms with Gasteiger partial charge in [0.15, 0.2) is 0 Å². The van der Waals surface area contributed by atoms with E-state index in [1.165, 1.54) is 0 Å². The van der Waals surface area contributed by atoms with Crippen LogP contribution in [0.1, 0.15) is 62.4 Å². The van der Waals surface area contributed by atoms with E-state index in [4.69, 9.17) is 16.3 Å². The van der Waals surface area contributed by atoms with Crippen LogP contribution in [-0.2, 0) is 9.59 Å². The summed E-state index contributed by atoms with van der Waals surface area (Å²) in [4.78, 5) is 42.4. The molecule has 0 radical (unpaired) electrons. The summed E-state index contributed by atoms with van der Waals surface area (Å²) in [5, 5.41) is 9.89. The van der Waals surface area contributed by atoms with Crippen LogP contribution in [0.2, 0.25) is 5.02 Å². The number of likely N-dealkylation sites (N-methyl/N-ethyl adjacent to an activating group) is 1. The van der Waals surface area contributed by atoms with Gasteiger partial charge in [-0.3, -0.25) is 14.4 Å². The van der Waals surface area contributed by atoms with E-state index < -0.39 is 17.3 Å². The van der Waals surface area contributed by atoms with Gasteiger partial charge in [-0.05, 0) is 101 Å². The molecule has 3 aromatic carbocycles. The number of carboxylic acid groups (broad SMARTS) is 1. The van der Waals surface area contributed by atoms with Crippen LogP contribution in [0.15, 0.2) is 72.8 Å². The molecule has 0 aromatic heterocycles. The number of carbonyl (C=O) groups is 3. The normalized spacial score (nSPS) is 16.7. The van der Waals surface area contributed by atoms with Gasteiger partial charge in [0, 0.05) is 34.5 Å². The highest BCUT2D eigenvalue weighted by molar-refractivity contribution is 6.30. The highest BCUT2D eigenvalue weighted by Gasteiger charge is 2.39. The van der Waals surface area contributed by atoms with Crippen molar-refractivity contribution < 1.29 is 24.2 Å². The summed E-state index contributed by atoms with van der Waals surface area (Å²) >= 11 is 6.06. The first kappa shape index (κ1) is 29.2. The van der Waals surface area contributed by atoms with Crippen LogP contribution in [-0.4, -0.2) is 42.1 Å². The Bertz CT molecular complexity index is 1370. The third-order valence-corrected chi connectivity index (χ3v) is 7.75. The molecular weight excluding hydrogens is 528 g/mol. The molecule has 1 N–H and O–H groups in total. The number of fused-ring (bicyclic) bond motifs is 1. The third kappa shape index (κ3) is 6.15. The van der Waals surface area contributed by atoms with Crippen molar-refractivity contribution in [2.75, 3.05) is 23.0 Å². The van der Waals surface area contributed by atoms with E-state index in [2.05, 4.69) is 0 Å². The maximum Gasteiger partial charge on any atom is 0.309 e. The van der Waals surface area contributed by atoms with Crippen molar-refractivity contribution in [1.82, 2.24) is 0 Å². The Hall–Kier alpha value is -3.84. The number of amides is 2. The number of hydrogen-bond donors (Lipinski definition) is 1. The lowest BCUT2D eigenvalue weighted by atomic mass is 9.84. The molecule has 0 aliphatic carbocycles. The fraction of sp³-hybridized carbons (Fsp3) is 0.344. The highest BCUT2D eigenvalue weighted by atomic mass is 35.5. The molecule has 1 aliphatic heterocycles. The predicted molar refractivity (Wildman–Crippen MR) is 158 cm³/mol. The fourth-order valence-electron chi connectivity index (χ4n) is 4.99. The molecule has 2 amide bonds. The van der Waals surface area contributed by atoms with Crippen LogP contribution >= 0.6 is 11.6 Å². The first-order valence-electron chi connectivity index (χ1n) is 13.5. The minimum Gasteiger partial charge on any atom is -0.494 e. The molecule has 0 bridgehead atoms. The van der Waals surface area contributed by atoms with E-state index in [0.29, 0.717) is 35.7 Å². The Labute approximate surface area is 240 Å². The topological polar surface area (TPSA) is 87.2 Å². The number of hydrogen-bond acceptors (Lipinski definition) is 4. The van der Waals surface area contributed by atoms with Crippen LogP contribution < -0.4 is 14.5 Å². The Morgan fingerprint density at radius 2 is 1.68 bits per heavy atom. The zero-order valence-electron chi connectivity index (χ0n) is 23.3. The summed E-state index contributed by atoms with van der Waals surface area (Å²) in [7, 11) is 0. The Morgan fingerprint density at radius 3 is 2.30 bits per heavy atom. The molecule has 0 fully saturated rings. The van der Waals surface area contributed by atoms with Gasteiger partial charge in [-0.2, -0.15) is 0 Å². The second-order valence-corrected chi connectivity index (χ2v) is 11.2. The molecule has 0 saturated heterocycles. The van der Waals surface area contributed by atoms with Gasteiger partial charge >= 0.3 is 5.97 Å². The quantitative estimate of drug-likeness (QED) is 0.310. The number of nitrogens with zero attached hydrogens (tertiary/aromatic N) is 2. The van der Waals surface area contributed by atoms with E-state index in [9.17, 15) is 19.5 Å². The van der Waals surface area contributed by atoms with Crippen molar-refractivity contribution in [2.45, 2.75) is 52.5 Å². The zero-order chi connectivity index (χ0) is 29.0. The first-order valence-corrected chi connectivity index (χ1v) is 13.9. The molecular formula is C32H35ClN2O5. The Morgan fingerprint density at radius 1 is 1.02 bits per heavy atom. The second-order valence-electron chi connectivity index (χ2n) is 10.7. The summed E-state index contributed by atoms with van der Waals surface area (Å²) in [5.41, 5.74) is 1.96. The molecule has 210 valence electrons. The molecule has 1 heterocycles. The predicted octanol–water partition coefficient (Wildman–Crippen LogP) is 6.80. The van der Waals surface area contributed by atoms with Gasteiger partial charge in [-0.25, -0.2) is 0 Å². The molecule has 1 aliphatic rings. The minimum absolute atomic E-state index is 0.0104. The monoisotopic (exact) mass is 562 g/mol. The highest BCUT2D eigenvalue weighted by Crippen LogP contribution is 2.41. The Kier molecular flexibility index (Phi) is 8.84. The molecule has 0 unspecified atom stereocenters. The van der Waals surface area contributed by atoms with Gasteiger partial charge < -0.3 is 19.6 Å². The molecule has 8 heteroatoms. The third-order valence-electron chi connectivity index (χ3n) is 7.50. The van der Waals surface area contributed by atoms with E-state index in [1.54, 1.807) is 60.0 Å². The number of benzene rings is 3. The molecule has 7 nitrogen and oxygen atoms in total. The van der Waals surface area contributed by atoms with Gasteiger partial charge in [-0.15, -0.1) is 0 Å². The zero-order valence-corrected chi connectivity index (χ0v) is 24.0. The van der Waals surface area contributed by atoms with Gasteiger partial charge in [0.2, 0.25) is 5.91 Å². The number of rotatable bonds is 9. The van der Waals surface area contributed by atoms with Crippen LogP contribution in [0.4, 0.5) is 11.4 Å². The number of carbonyl (C=O) groups excluding carboxylic acids is 2. The van der Waals surface area contributed by atoms with E-state index in [-0.39, 0.29) is 24.5 Å². The maximum absolute atomic E-state index is 13.8. The lowest BCUT2D eigenvalue weighted by molar-refractivity contribution is -0.147. The van der Waals surface area contributed by atoms with E-state index in [0.717, 1.165) is 16.9 Å². The van der Waals surface area contributed by atoms with Crippen LogP contribution in [0, 0.1) is 5.41 Å². The van der Waals surface area contributed by atoms with Crippen molar-refractivity contribution >= 4 is 40.8 Å². The SMILES string of the molecule is CCN(C(=O)[C@@H]1C[C@H](C)N(C(=O)c2ccc(OCCC(C)(C)C(=O)O)cc2)c2ccccc21)c1ccc(Cl)cc1. The molecule has 40 heavy (non-hydrogen) atoms. The largest absolute Gasteiger partial charge is 0.494 e. The van der Waals surface area contributed by atoms with Crippen LogP contribution in [0.3, 0.4) is 0 Å². The van der Waals surface area contributed by atoms with Crippen LogP contribution in [0.25, 0.3) is 0 Å². The molecule has 0 spiro atoms. The summed E-state index contributed by atoms with van der Waals surface area (Å²) in [6.45, 7) is 8.00. The van der Waals surface area contributed by atoms with Gasteiger partial charge in [0.1, 0.15) is 5.75 Å². The molecule has 2 atom stereocenters. The number of anilines is 2. The number of halogens is 1. The first-order chi connectivity index (χ1) is 19.0. The summed E-state index contributed by atoms with van der Waals surface area (Å²) in [6.07, 6.45) is 0.852. The lowest BCUT2D eigenvalue weighted by Gasteiger charge is -2.40. The molecule has 0 saturated carbocycles. The lowest BCUT2D eigenvalue weighted by Crippen LogP contribution is -2.46. The summed E-state index contributed by atoms with van der Waals surface area (Å²) in [6, 6.07) is 21.5. The van der Waals surface area contributed by atoms with Crippen molar-refractivity contribution in [3.05, 3.63) is 88.9 Å². The van der Waals surface area contributed by atoms with Crippen molar-refractivity contribution in [1.29, 1.82) is 0 Å². The molecule has 4 rings (SSSR count). The smallest absolute Gasteiger partial charge is 0.309 e. The van der Waals surface area contributed by atoms with Crippen molar-refractivity contribution in [2.24, 2.45) is 5.41 Å². The van der Waals surface area contributed by atoms with Crippen molar-refractivity contribution in [3.63, 3.8) is 0 Å². The summed E-state index contributed by atoms with van der Waals surface area (Å²) < 4.78 is 5.73. The maximum atomic E-state index is 13.8. The number of para-hydroxylation sites is 1. The standard InChI is InChI=1S/C32H35ClN2O5/c1-5-34(24-14-12-23(33)13-15-24)30(37)27-20-21(2)35(28-9-7-6-8-26(27)28)29(36)22-10-16-25(17-11-22)40-19-18-32(3,4)31(38)39/h6-17,21,27H,5,18-20H2,1-4H3,(H,38,39)/t21-,27+/m0/s1. The van der Waals surface area contributed by atoms with Gasteiger partial charge in [0.05, 0.1) is 17.9 Å². The Balaban J connectivity index is 1.53. The van der Waals surface area contributed by atoms with Gasteiger partial charge in [0.25, 0.3) is 5.91 Å². The average Bonchev–Trinajstić information content (AvgIpc) is 2.94. The number of carboxylic acids is 1. The van der Waals surface area contributed by atoms with Crippen LogP contribution in [0.5, 0.6) is 5.75 Å². The minimum atomic E-state index is -0.879. The van der Waals surface area contributed by atoms with Crippen molar-refractivity contribution in [3.8, 4) is 5.75 Å². The molecule has 3 aromatic rings. The van der Waals surface area contributed by atoms with E-state index in [1.807, 2.05) is 50.2 Å². The van der Waals surface area contributed by atoms with Gasteiger partial charge in [-0.1, -0.05) is 29.8 Å². The van der Waals surface area contributed by atoms with E-state index >= 15 is 0 Å².